The highest BCUT2D eigenvalue weighted by Crippen LogP contribution is 2.05. The number of hydrogen-bond donors (Lipinski definition) is 0. The summed E-state index contributed by atoms with van der Waals surface area (Å²) in [7, 11) is 0. The van der Waals surface area contributed by atoms with Crippen LogP contribution in [0.1, 0.15) is 77.6 Å². The molecule has 1 heteroatoms. The molecule has 0 aliphatic carbocycles. The standard InChI is InChI=1S/C19H33Br/c1-2-3-4-5-6-7-8-9-10-11-12-13-14-15-16-17-18-19-20/h6-7,9-10,12-13H,2-5,8,11,14-19H2,1H3/b7-6-,10-9-,13-12-. The fraction of sp³-hybridized carbons (Fsp3) is 0.684. The van der Waals surface area contributed by atoms with Crippen LogP contribution in [0.4, 0.5) is 0 Å². The van der Waals surface area contributed by atoms with Crippen LogP contribution in [0.2, 0.25) is 0 Å². The molecule has 0 aromatic carbocycles. The highest BCUT2D eigenvalue weighted by molar-refractivity contribution is 9.09. The second kappa shape index (κ2) is 18.7. The topological polar surface area (TPSA) is 0 Å². The van der Waals surface area contributed by atoms with Gasteiger partial charge in [0.2, 0.25) is 0 Å². The fourth-order valence-electron chi connectivity index (χ4n) is 2.00. The van der Waals surface area contributed by atoms with Crippen molar-refractivity contribution in [3.05, 3.63) is 36.5 Å². The summed E-state index contributed by atoms with van der Waals surface area (Å²) < 4.78 is 0. The molecule has 0 aliphatic rings. The van der Waals surface area contributed by atoms with Crippen LogP contribution in [0.3, 0.4) is 0 Å². The molecule has 0 atom stereocenters. The largest absolute Gasteiger partial charge is 0.0928 e. The first-order valence-electron chi connectivity index (χ1n) is 8.42. The Morgan fingerprint density at radius 3 is 1.65 bits per heavy atom. The summed E-state index contributed by atoms with van der Waals surface area (Å²) in [5.74, 6) is 0. The quantitative estimate of drug-likeness (QED) is 0.176. The Bertz CT molecular complexity index is 250. The van der Waals surface area contributed by atoms with E-state index >= 15 is 0 Å². The highest BCUT2D eigenvalue weighted by atomic mass is 79.9. The van der Waals surface area contributed by atoms with E-state index in [1.54, 1.807) is 0 Å². The highest BCUT2D eigenvalue weighted by Gasteiger charge is 1.86. The third-order valence-corrected chi connectivity index (χ3v) is 3.83. The van der Waals surface area contributed by atoms with Gasteiger partial charge in [-0.25, -0.2) is 0 Å². The van der Waals surface area contributed by atoms with Crippen molar-refractivity contribution in [2.75, 3.05) is 5.33 Å². The molecule has 0 heterocycles. The Morgan fingerprint density at radius 1 is 0.600 bits per heavy atom. The average molecular weight is 341 g/mol. The number of allylic oxidation sites excluding steroid dienone is 6. The van der Waals surface area contributed by atoms with Gasteiger partial charge in [-0.3, -0.25) is 0 Å². The molecule has 0 saturated heterocycles. The smallest absolute Gasteiger partial charge is 0.00313 e. The molecular formula is C19H33Br. The molecule has 0 amide bonds. The van der Waals surface area contributed by atoms with Crippen LogP contribution < -0.4 is 0 Å². The number of halogens is 1. The minimum atomic E-state index is 1.09. The first kappa shape index (κ1) is 19.7. The van der Waals surface area contributed by atoms with Crippen molar-refractivity contribution >= 4 is 15.9 Å². The lowest BCUT2D eigenvalue weighted by atomic mass is 10.1. The van der Waals surface area contributed by atoms with Crippen molar-refractivity contribution in [2.24, 2.45) is 0 Å². The molecule has 0 aromatic rings. The van der Waals surface area contributed by atoms with E-state index < -0.39 is 0 Å². The van der Waals surface area contributed by atoms with Crippen molar-refractivity contribution in [1.29, 1.82) is 0 Å². The molecule has 0 radical (unpaired) electrons. The second-order valence-electron chi connectivity index (χ2n) is 5.27. The molecule has 0 aromatic heterocycles. The summed E-state index contributed by atoms with van der Waals surface area (Å²) in [5, 5.41) is 1.15. The zero-order valence-corrected chi connectivity index (χ0v) is 14.9. The zero-order chi connectivity index (χ0) is 14.7. The number of hydrogen-bond acceptors (Lipinski definition) is 0. The monoisotopic (exact) mass is 340 g/mol. The van der Waals surface area contributed by atoms with Gasteiger partial charge in [0.15, 0.2) is 0 Å². The van der Waals surface area contributed by atoms with Crippen LogP contribution in [-0.4, -0.2) is 5.33 Å². The number of rotatable bonds is 14. The maximum atomic E-state index is 3.47. The van der Waals surface area contributed by atoms with Gasteiger partial charge in [0.25, 0.3) is 0 Å². The van der Waals surface area contributed by atoms with E-state index in [-0.39, 0.29) is 0 Å². The molecular weight excluding hydrogens is 308 g/mol. The van der Waals surface area contributed by atoms with Crippen LogP contribution in [0.15, 0.2) is 36.5 Å². The van der Waals surface area contributed by atoms with E-state index in [1.165, 1.54) is 57.8 Å². The lowest BCUT2D eigenvalue weighted by molar-refractivity contribution is 0.679. The van der Waals surface area contributed by atoms with Crippen LogP contribution in [0.25, 0.3) is 0 Å². The van der Waals surface area contributed by atoms with Gasteiger partial charge in [0.05, 0.1) is 0 Å². The van der Waals surface area contributed by atoms with E-state index in [0.717, 1.165) is 18.2 Å². The zero-order valence-electron chi connectivity index (χ0n) is 13.3. The lowest BCUT2D eigenvalue weighted by Gasteiger charge is -1.95. The fourth-order valence-corrected chi connectivity index (χ4v) is 2.40. The predicted molar refractivity (Wildman–Crippen MR) is 97.7 cm³/mol. The summed E-state index contributed by atoms with van der Waals surface area (Å²) in [6.07, 6.45) is 27.9. The minimum absolute atomic E-state index is 1.09. The van der Waals surface area contributed by atoms with Crippen LogP contribution >= 0.6 is 15.9 Å². The molecule has 20 heavy (non-hydrogen) atoms. The van der Waals surface area contributed by atoms with Crippen molar-refractivity contribution < 1.29 is 0 Å². The molecule has 116 valence electrons. The Kier molecular flexibility index (Phi) is 18.4. The van der Waals surface area contributed by atoms with Crippen LogP contribution in [-0.2, 0) is 0 Å². The number of alkyl halides is 1. The third kappa shape index (κ3) is 17.7. The van der Waals surface area contributed by atoms with Gasteiger partial charge < -0.3 is 0 Å². The van der Waals surface area contributed by atoms with Gasteiger partial charge >= 0.3 is 0 Å². The second-order valence-corrected chi connectivity index (χ2v) is 6.07. The molecule has 0 saturated carbocycles. The van der Waals surface area contributed by atoms with Crippen molar-refractivity contribution in [1.82, 2.24) is 0 Å². The molecule has 0 nitrogen and oxygen atoms in total. The summed E-state index contributed by atoms with van der Waals surface area (Å²) >= 11 is 3.47. The third-order valence-electron chi connectivity index (χ3n) is 3.27. The van der Waals surface area contributed by atoms with Gasteiger partial charge in [0.1, 0.15) is 0 Å². The summed E-state index contributed by atoms with van der Waals surface area (Å²) in [6, 6.07) is 0. The summed E-state index contributed by atoms with van der Waals surface area (Å²) in [6.45, 7) is 2.25. The summed E-state index contributed by atoms with van der Waals surface area (Å²) in [5.41, 5.74) is 0. The number of unbranched alkanes of at least 4 members (excludes halogenated alkanes) is 7. The Labute approximate surface area is 135 Å². The maximum absolute atomic E-state index is 3.47. The van der Waals surface area contributed by atoms with Gasteiger partial charge in [-0.2, -0.15) is 0 Å². The van der Waals surface area contributed by atoms with Crippen LogP contribution in [0, 0.1) is 0 Å². The summed E-state index contributed by atoms with van der Waals surface area (Å²) in [4.78, 5) is 0. The SMILES string of the molecule is CCCCC/C=C\C/C=C\C/C=C\CCCCCCBr. The minimum Gasteiger partial charge on any atom is -0.0928 e. The van der Waals surface area contributed by atoms with Crippen LogP contribution in [0.5, 0.6) is 0 Å². The van der Waals surface area contributed by atoms with E-state index in [4.69, 9.17) is 0 Å². The average Bonchev–Trinajstić information content (AvgIpc) is 2.47. The Hall–Kier alpha value is -0.300. The lowest BCUT2D eigenvalue weighted by Crippen LogP contribution is -1.77. The molecule has 0 rings (SSSR count). The Morgan fingerprint density at radius 2 is 1.10 bits per heavy atom. The van der Waals surface area contributed by atoms with E-state index in [0.29, 0.717) is 0 Å². The van der Waals surface area contributed by atoms with Crippen molar-refractivity contribution in [3.8, 4) is 0 Å². The molecule has 0 spiro atoms. The van der Waals surface area contributed by atoms with E-state index in [9.17, 15) is 0 Å². The van der Waals surface area contributed by atoms with Gasteiger partial charge in [0, 0.05) is 5.33 Å². The maximum Gasteiger partial charge on any atom is 0.00313 e. The first-order chi connectivity index (χ1) is 9.91. The van der Waals surface area contributed by atoms with Gasteiger partial charge in [-0.1, -0.05) is 85.0 Å². The molecule has 0 fully saturated rings. The predicted octanol–water partition coefficient (Wildman–Crippen LogP) is 7.36. The normalized spacial score (nSPS) is 12.3. The van der Waals surface area contributed by atoms with E-state index in [2.05, 4.69) is 59.3 Å². The Balaban J connectivity index is 3.25. The van der Waals surface area contributed by atoms with E-state index in [1.807, 2.05) is 0 Å². The molecule has 0 bridgehead atoms. The van der Waals surface area contributed by atoms with Crippen molar-refractivity contribution in [3.63, 3.8) is 0 Å². The molecule has 0 unspecified atom stereocenters. The van der Waals surface area contributed by atoms with Crippen molar-refractivity contribution in [2.45, 2.75) is 77.6 Å². The van der Waals surface area contributed by atoms with Gasteiger partial charge in [-0.15, -0.1) is 0 Å². The van der Waals surface area contributed by atoms with Gasteiger partial charge in [-0.05, 0) is 44.9 Å². The first-order valence-corrected chi connectivity index (χ1v) is 9.55. The molecule has 0 aliphatic heterocycles. The molecule has 0 N–H and O–H groups in total.